The second kappa shape index (κ2) is 25.3. The Bertz CT molecular complexity index is 556. The molecule has 0 aliphatic heterocycles. The molecule has 0 bridgehead atoms. The first-order valence-electron chi connectivity index (χ1n) is 8.27. The van der Waals surface area contributed by atoms with E-state index in [-0.39, 0.29) is 79.9 Å². The minimum absolute atomic E-state index is 0. The van der Waals surface area contributed by atoms with Crippen molar-refractivity contribution in [2.45, 2.75) is 25.7 Å². The summed E-state index contributed by atoms with van der Waals surface area (Å²) in [5.41, 5.74) is 9.81. The summed E-state index contributed by atoms with van der Waals surface area (Å²) in [6.45, 7) is 0.523. The van der Waals surface area contributed by atoms with E-state index in [1.807, 2.05) is 12.1 Å². The van der Waals surface area contributed by atoms with Crippen molar-refractivity contribution in [1.82, 2.24) is 9.80 Å². The summed E-state index contributed by atoms with van der Waals surface area (Å²) in [6.07, 6.45) is 0.593. The van der Waals surface area contributed by atoms with E-state index in [9.17, 15) is 29.4 Å². The molecule has 0 unspecified atom stereocenters. The maximum atomic E-state index is 10.4. The third-order valence-corrected chi connectivity index (χ3v) is 3.13. The van der Waals surface area contributed by atoms with Gasteiger partial charge in [-0.2, -0.15) is 10.5 Å². The first-order valence-corrected chi connectivity index (χ1v) is 8.27. The van der Waals surface area contributed by atoms with Crippen LogP contribution in [0.4, 0.5) is 0 Å². The van der Waals surface area contributed by atoms with E-state index in [2.05, 4.69) is 0 Å². The van der Waals surface area contributed by atoms with Gasteiger partial charge in [0.25, 0.3) is 0 Å². The molecule has 0 aliphatic rings. The Kier molecular flexibility index (Phi) is 31.6. The van der Waals surface area contributed by atoms with Gasteiger partial charge in [0.1, 0.15) is 0 Å². The first kappa shape index (κ1) is 38.8. The van der Waals surface area contributed by atoms with Crippen molar-refractivity contribution in [3.63, 3.8) is 0 Å². The van der Waals surface area contributed by atoms with Gasteiger partial charge in [-0.05, 0) is 0 Å². The fraction of sp³-hybridized carbons (Fsp3) is 0.625. The van der Waals surface area contributed by atoms with Crippen molar-refractivity contribution in [3.05, 3.63) is 0 Å². The van der Waals surface area contributed by atoms with Crippen LogP contribution >= 0.6 is 0 Å². The molecule has 0 aromatic carbocycles. The zero-order valence-electron chi connectivity index (χ0n) is 16.8. The predicted molar refractivity (Wildman–Crippen MR) is 98.2 cm³/mol. The summed E-state index contributed by atoms with van der Waals surface area (Å²) in [6, 6.07) is 3.78. The number of rotatable bonds is 14. The van der Waals surface area contributed by atoms with Gasteiger partial charge in [-0.15, -0.1) is 0 Å². The van der Waals surface area contributed by atoms with Crippen molar-refractivity contribution in [2.75, 3.05) is 39.3 Å². The SMILES string of the molecule is N#CCCN(CCC(N)=O)CC(=O)[O-].N#CCCN(CCC(N)=O)CC(=O)[O-].O.O.[Cu+2]. The maximum absolute atomic E-state index is 10.4. The molecule has 15 heteroatoms. The molecule has 0 fully saturated rings. The third-order valence-electron chi connectivity index (χ3n) is 3.13. The number of carboxylic acids is 2. The van der Waals surface area contributed by atoms with Gasteiger partial charge in [0.15, 0.2) is 0 Å². The fourth-order valence-electron chi connectivity index (χ4n) is 1.86. The molecule has 1 radical (unpaired) electrons. The van der Waals surface area contributed by atoms with Gasteiger partial charge in [0.05, 0.1) is 24.1 Å². The van der Waals surface area contributed by atoms with Gasteiger partial charge < -0.3 is 42.2 Å². The molecular weight excluding hydrogens is 468 g/mol. The number of hydrogen-bond acceptors (Lipinski definition) is 10. The molecule has 2 amide bonds. The van der Waals surface area contributed by atoms with Gasteiger partial charge in [-0.25, -0.2) is 0 Å². The van der Waals surface area contributed by atoms with E-state index in [1.54, 1.807) is 0 Å². The molecule has 0 spiro atoms. The van der Waals surface area contributed by atoms with Crippen LogP contribution in [0.3, 0.4) is 0 Å². The van der Waals surface area contributed by atoms with Crippen molar-refractivity contribution in [3.8, 4) is 12.1 Å². The molecule has 0 atom stereocenters. The van der Waals surface area contributed by atoms with Crippen molar-refractivity contribution in [2.24, 2.45) is 11.5 Å². The van der Waals surface area contributed by atoms with Gasteiger partial charge in [-0.3, -0.25) is 19.4 Å². The predicted octanol–water partition coefficient (Wildman–Crippen LogP) is -6.00. The number of nitrogens with two attached hydrogens (primary N) is 2. The standard InChI is InChI=1S/2C8H13N3O3.Cu.2H2O/c2*9-3-1-4-11(6-8(13)14)5-2-7(10)12;;;/h2*1-2,4-6H2,(H2,10,12)(H,13,14);;2*1H2/q;;+2;;/p-2. The first-order chi connectivity index (χ1) is 13.1. The van der Waals surface area contributed by atoms with Crippen LogP contribution in [0.1, 0.15) is 25.7 Å². The number of nitrogens with zero attached hydrogens (tertiary/aromatic N) is 4. The number of primary amides is 2. The molecule has 14 nitrogen and oxygen atoms in total. The second-order valence-corrected chi connectivity index (χ2v) is 5.55. The van der Waals surface area contributed by atoms with Crippen molar-refractivity contribution in [1.29, 1.82) is 10.5 Å². The monoisotopic (exact) mass is 495 g/mol. The fourth-order valence-corrected chi connectivity index (χ4v) is 1.86. The van der Waals surface area contributed by atoms with E-state index >= 15 is 0 Å². The van der Waals surface area contributed by atoms with Crippen LogP contribution in [-0.4, -0.2) is 83.8 Å². The Morgan fingerprint density at radius 2 is 1.00 bits per heavy atom. The molecule has 0 aliphatic carbocycles. The van der Waals surface area contributed by atoms with Crippen LogP contribution in [-0.2, 0) is 36.2 Å². The molecule has 8 N–H and O–H groups in total. The van der Waals surface area contributed by atoms with Crippen LogP contribution in [0.15, 0.2) is 0 Å². The Morgan fingerprint density at radius 3 is 1.19 bits per heavy atom. The van der Waals surface area contributed by atoms with Crippen molar-refractivity contribution >= 4 is 23.8 Å². The van der Waals surface area contributed by atoms with Gasteiger partial charge in [-0.1, -0.05) is 0 Å². The summed E-state index contributed by atoms with van der Waals surface area (Å²) >= 11 is 0. The number of nitriles is 2. The molecule has 0 rings (SSSR count). The van der Waals surface area contributed by atoms with Gasteiger partial charge in [0.2, 0.25) is 11.8 Å². The summed E-state index contributed by atoms with van der Waals surface area (Å²) in [5, 5.41) is 37.1. The smallest absolute Gasteiger partial charge is 0.549 e. The van der Waals surface area contributed by atoms with Crippen molar-refractivity contribution < 1.29 is 57.4 Å². The van der Waals surface area contributed by atoms with E-state index < -0.39 is 23.8 Å². The van der Waals surface area contributed by atoms with E-state index in [0.29, 0.717) is 13.1 Å². The average Bonchev–Trinajstić information content (AvgIpc) is 2.59. The van der Waals surface area contributed by atoms with Crippen LogP contribution in [0.2, 0.25) is 0 Å². The number of carbonyl (C=O) groups excluding carboxylic acids is 4. The zero-order chi connectivity index (χ0) is 21.9. The number of carbonyl (C=O) groups is 4. The molecule has 31 heavy (non-hydrogen) atoms. The normalized spacial score (nSPS) is 8.77. The third kappa shape index (κ3) is 32.1. The van der Waals surface area contributed by atoms with Crippen LogP contribution in [0.5, 0.6) is 0 Å². The Labute approximate surface area is 190 Å². The minimum Gasteiger partial charge on any atom is -0.549 e. The maximum Gasteiger partial charge on any atom is 2.00 e. The molecule has 0 saturated carbocycles. The molecule has 181 valence electrons. The summed E-state index contributed by atoms with van der Waals surface area (Å²) in [7, 11) is 0. The Hall–Kier alpha value is -2.78. The summed E-state index contributed by atoms with van der Waals surface area (Å²) in [4.78, 5) is 44.3. The zero-order valence-corrected chi connectivity index (χ0v) is 17.7. The Balaban J connectivity index is -0.000000133. The van der Waals surface area contributed by atoms with Crippen LogP contribution < -0.4 is 21.7 Å². The summed E-state index contributed by atoms with van der Waals surface area (Å²) < 4.78 is 0. The minimum atomic E-state index is -1.23. The van der Waals surface area contributed by atoms with Crippen LogP contribution in [0, 0.1) is 22.7 Å². The average molecular weight is 496 g/mol. The van der Waals surface area contributed by atoms with E-state index in [0.717, 1.165) is 0 Å². The number of hydrogen-bond donors (Lipinski definition) is 2. The molecule has 0 heterocycles. The number of amides is 2. The molecular formula is C16H28CuN6O8. The molecule has 0 aromatic rings. The quantitative estimate of drug-likeness (QED) is 0.215. The Morgan fingerprint density at radius 1 is 0.710 bits per heavy atom. The largest absolute Gasteiger partial charge is 2.00 e. The number of carboxylic acid groups (broad SMARTS) is 2. The second-order valence-electron chi connectivity index (χ2n) is 5.55. The summed E-state index contributed by atoms with van der Waals surface area (Å²) in [5.74, 6) is -3.45. The van der Waals surface area contributed by atoms with Gasteiger partial charge >= 0.3 is 17.1 Å². The molecule has 0 aromatic heterocycles. The topological polar surface area (TPSA) is 284 Å². The van der Waals surface area contributed by atoms with E-state index in [1.165, 1.54) is 9.80 Å². The van der Waals surface area contributed by atoms with E-state index in [4.69, 9.17) is 22.0 Å². The number of aliphatic carboxylic acids is 2. The van der Waals surface area contributed by atoms with Crippen LogP contribution in [0.25, 0.3) is 0 Å². The molecule has 0 saturated heterocycles. The van der Waals surface area contributed by atoms with Gasteiger partial charge in [0, 0.05) is 65.0 Å².